The van der Waals surface area contributed by atoms with Gasteiger partial charge in [-0.1, -0.05) is 12.1 Å². The Balaban J connectivity index is 1.83. The van der Waals surface area contributed by atoms with Crippen LogP contribution in [-0.2, 0) is 10.0 Å². The molecule has 0 aromatic heterocycles. The summed E-state index contributed by atoms with van der Waals surface area (Å²) >= 11 is 0. The summed E-state index contributed by atoms with van der Waals surface area (Å²) in [7, 11) is -3.42. The van der Waals surface area contributed by atoms with Crippen molar-refractivity contribution in [3.63, 3.8) is 0 Å². The van der Waals surface area contributed by atoms with Gasteiger partial charge in [0.1, 0.15) is 0 Å². The maximum Gasteiger partial charge on any atom is 0.253 e. The summed E-state index contributed by atoms with van der Waals surface area (Å²) in [6.45, 7) is 5.61. The van der Waals surface area contributed by atoms with Crippen LogP contribution in [0.5, 0.6) is 0 Å². The van der Waals surface area contributed by atoms with Gasteiger partial charge >= 0.3 is 0 Å². The van der Waals surface area contributed by atoms with Crippen LogP contribution in [0.2, 0.25) is 0 Å². The lowest BCUT2D eigenvalue weighted by Gasteiger charge is -2.27. The number of hydrogen-bond acceptors (Lipinski definition) is 5. The first-order valence-electron chi connectivity index (χ1n) is 7.74. The number of hydrogen-bond donors (Lipinski definition) is 3. The zero-order valence-electron chi connectivity index (χ0n) is 13.3. The quantitative estimate of drug-likeness (QED) is 0.612. The molecule has 1 aromatic carbocycles. The predicted octanol–water partition coefficient (Wildman–Crippen LogP) is 0.0832. The first kappa shape index (κ1) is 17.7. The van der Waals surface area contributed by atoms with E-state index in [9.17, 15) is 13.2 Å². The highest BCUT2D eigenvalue weighted by Gasteiger charge is 2.13. The fourth-order valence-electron chi connectivity index (χ4n) is 2.50. The average Bonchev–Trinajstić information content (AvgIpc) is 2.51. The summed E-state index contributed by atoms with van der Waals surface area (Å²) in [5, 5.41) is 6.15. The second kappa shape index (κ2) is 8.28. The summed E-state index contributed by atoms with van der Waals surface area (Å²) in [5.41, 5.74) is 0.634. The number of anilines is 1. The number of nitrogens with zero attached hydrogens (tertiary/aromatic N) is 1. The van der Waals surface area contributed by atoms with Gasteiger partial charge in [0.25, 0.3) is 5.91 Å². The molecule has 1 saturated heterocycles. The highest BCUT2D eigenvalue weighted by Crippen LogP contribution is 2.16. The maximum atomic E-state index is 12.2. The van der Waals surface area contributed by atoms with Crippen molar-refractivity contribution in [1.29, 1.82) is 0 Å². The van der Waals surface area contributed by atoms with Crippen molar-refractivity contribution < 1.29 is 13.2 Å². The van der Waals surface area contributed by atoms with Crippen LogP contribution < -0.4 is 15.4 Å². The van der Waals surface area contributed by atoms with Crippen molar-refractivity contribution in [1.82, 2.24) is 15.5 Å². The van der Waals surface area contributed by atoms with Crippen LogP contribution in [0.4, 0.5) is 5.69 Å². The largest absolute Gasteiger partial charge is 0.352 e. The summed E-state index contributed by atoms with van der Waals surface area (Å²) in [6.07, 6.45) is 1.93. The van der Waals surface area contributed by atoms with E-state index < -0.39 is 10.0 Å². The molecule has 1 amide bonds. The zero-order valence-corrected chi connectivity index (χ0v) is 14.2. The Morgan fingerprint density at radius 1 is 1.26 bits per heavy atom. The standard InChI is InChI=1S/C15H24N4O3S/c1-23(21,22)18-14-6-3-2-5-13(14)15(20)17-7-4-10-19-11-8-16-9-12-19/h2-3,5-6,16,18H,4,7-12H2,1H3,(H,17,20). The molecule has 8 heteroatoms. The number of rotatable bonds is 7. The number of carbonyl (C=O) groups excluding carboxylic acids is 1. The van der Waals surface area contributed by atoms with Crippen LogP contribution in [-0.4, -0.2) is 64.7 Å². The van der Waals surface area contributed by atoms with Gasteiger partial charge in [0.15, 0.2) is 0 Å². The van der Waals surface area contributed by atoms with E-state index in [0.29, 0.717) is 17.8 Å². The minimum Gasteiger partial charge on any atom is -0.352 e. The Kier molecular flexibility index (Phi) is 6.37. The van der Waals surface area contributed by atoms with Gasteiger partial charge in [-0.15, -0.1) is 0 Å². The van der Waals surface area contributed by atoms with E-state index >= 15 is 0 Å². The molecule has 3 N–H and O–H groups in total. The molecule has 0 saturated carbocycles. The first-order chi connectivity index (χ1) is 11.0. The Morgan fingerprint density at radius 3 is 2.65 bits per heavy atom. The minimum atomic E-state index is -3.42. The molecular formula is C15H24N4O3S. The molecular weight excluding hydrogens is 316 g/mol. The normalized spacial score (nSPS) is 16.0. The number of nitrogens with one attached hydrogen (secondary N) is 3. The number of piperazine rings is 1. The first-order valence-corrected chi connectivity index (χ1v) is 9.63. The van der Waals surface area contributed by atoms with E-state index in [2.05, 4.69) is 20.3 Å². The lowest BCUT2D eigenvalue weighted by Crippen LogP contribution is -2.44. The highest BCUT2D eigenvalue weighted by atomic mass is 32.2. The van der Waals surface area contributed by atoms with E-state index in [1.807, 2.05) is 0 Å². The number of para-hydroxylation sites is 1. The van der Waals surface area contributed by atoms with Crippen LogP contribution >= 0.6 is 0 Å². The molecule has 1 fully saturated rings. The predicted molar refractivity (Wildman–Crippen MR) is 91.2 cm³/mol. The average molecular weight is 340 g/mol. The topological polar surface area (TPSA) is 90.5 Å². The molecule has 0 radical (unpaired) electrons. The number of sulfonamides is 1. The lowest BCUT2D eigenvalue weighted by atomic mass is 10.1. The van der Waals surface area contributed by atoms with Crippen molar-refractivity contribution in [2.75, 3.05) is 50.2 Å². The number of benzene rings is 1. The van der Waals surface area contributed by atoms with Gasteiger partial charge in [0.05, 0.1) is 17.5 Å². The van der Waals surface area contributed by atoms with Gasteiger partial charge in [-0.25, -0.2) is 8.42 Å². The summed E-state index contributed by atoms with van der Waals surface area (Å²) in [5.74, 6) is -0.267. The van der Waals surface area contributed by atoms with Crippen LogP contribution in [0.3, 0.4) is 0 Å². The monoisotopic (exact) mass is 340 g/mol. The Bertz CT molecular complexity index is 627. The van der Waals surface area contributed by atoms with Gasteiger partial charge in [0.2, 0.25) is 10.0 Å². The number of carbonyl (C=O) groups is 1. The molecule has 1 aliphatic heterocycles. The van der Waals surface area contributed by atoms with Crippen LogP contribution in [0.1, 0.15) is 16.8 Å². The molecule has 2 rings (SSSR count). The van der Waals surface area contributed by atoms with Crippen LogP contribution in [0, 0.1) is 0 Å². The van der Waals surface area contributed by atoms with Crippen LogP contribution in [0.15, 0.2) is 24.3 Å². The van der Waals surface area contributed by atoms with Crippen molar-refractivity contribution in [2.45, 2.75) is 6.42 Å². The van der Waals surface area contributed by atoms with Crippen molar-refractivity contribution in [3.05, 3.63) is 29.8 Å². The molecule has 0 spiro atoms. The second-order valence-corrected chi connectivity index (χ2v) is 7.37. The Morgan fingerprint density at radius 2 is 1.96 bits per heavy atom. The molecule has 0 unspecified atom stereocenters. The smallest absolute Gasteiger partial charge is 0.253 e. The fraction of sp³-hybridized carbons (Fsp3) is 0.533. The summed E-state index contributed by atoms with van der Waals surface area (Å²) < 4.78 is 25.1. The SMILES string of the molecule is CS(=O)(=O)Nc1ccccc1C(=O)NCCCN1CCNCC1. The molecule has 0 aliphatic carbocycles. The van der Waals surface area contributed by atoms with Gasteiger partial charge in [-0.05, 0) is 25.1 Å². The summed E-state index contributed by atoms with van der Waals surface area (Å²) in [6, 6.07) is 6.59. The van der Waals surface area contributed by atoms with Gasteiger partial charge < -0.3 is 15.5 Å². The van der Waals surface area contributed by atoms with Gasteiger partial charge in [0, 0.05) is 32.7 Å². The maximum absolute atomic E-state index is 12.2. The zero-order chi connectivity index (χ0) is 16.7. The van der Waals surface area contributed by atoms with E-state index in [-0.39, 0.29) is 5.91 Å². The highest BCUT2D eigenvalue weighted by molar-refractivity contribution is 7.92. The Labute approximate surface area is 137 Å². The van der Waals surface area contributed by atoms with Crippen molar-refractivity contribution >= 4 is 21.6 Å². The molecule has 128 valence electrons. The molecule has 0 atom stereocenters. The molecule has 1 aliphatic rings. The lowest BCUT2D eigenvalue weighted by molar-refractivity contribution is 0.0952. The third kappa shape index (κ3) is 6.17. The minimum absolute atomic E-state index is 0.267. The number of amides is 1. The third-order valence-corrected chi connectivity index (χ3v) is 4.20. The molecule has 0 bridgehead atoms. The Hall–Kier alpha value is -1.64. The summed E-state index contributed by atoms with van der Waals surface area (Å²) in [4.78, 5) is 14.6. The van der Waals surface area contributed by atoms with Gasteiger partial charge in [-0.2, -0.15) is 0 Å². The van der Waals surface area contributed by atoms with Crippen LogP contribution in [0.25, 0.3) is 0 Å². The fourth-order valence-corrected chi connectivity index (χ4v) is 3.08. The third-order valence-electron chi connectivity index (χ3n) is 3.61. The van der Waals surface area contributed by atoms with E-state index in [1.54, 1.807) is 24.3 Å². The van der Waals surface area contributed by atoms with Gasteiger partial charge in [-0.3, -0.25) is 9.52 Å². The second-order valence-electron chi connectivity index (χ2n) is 5.62. The van der Waals surface area contributed by atoms with E-state index in [0.717, 1.165) is 45.4 Å². The van der Waals surface area contributed by atoms with Crippen molar-refractivity contribution in [3.8, 4) is 0 Å². The van der Waals surface area contributed by atoms with E-state index in [4.69, 9.17) is 0 Å². The van der Waals surface area contributed by atoms with E-state index in [1.165, 1.54) is 0 Å². The van der Waals surface area contributed by atoms with Crippen molar-refractivity contribution in [2.24, 2.45) is 0 Å². The molecule has 1 heterocycles. The molecule has 7 nitrogen and oxygen atoms in total. The molecule has 23 heavy (non-hydrogen) atoms. The molecule has 1 aromatic rings.